The van der Waals surface area contributed by atoms with Crippen molar-refractivity contribution in [2.45, 2.75) is 32.6 Å². The molecule has 1 fully saturated rings. The van der Waals surface area contributed by atoms with E-state index in [1.807, 2.05) is 0 Å². The van der Waals surface area contributed by atoms with Crippen molar-refractivity contribution in [1.82, 2.24) is 4.90 Å². The zero-order chi connectivity index (χ0) is 8.10. The van der Waals surface area contributed by atoms with Crippen LogP contribution >= 0.6 is 0 Å². The van der Waals surface area contributed by atoms with Gasteiger partial charge >= 0.3 is 18.9 Å². The zero-order valence-corrected chi connectivity index (χ0v) is 8.68. The summed E-state index contributed by atoms with van der Waals surface area (Å²) in [7, 11) is 0. The molecule has 1 aliphatic heterocycles. The summed E-state index contributed by atoms with van der Waals surface area (Å²) in [6.07, 6.45) is 5.66. The topological polar surface area (TPSA) is 3.24 Å². The van der Waals surface area contributed by atoms with E-state index in [-0.39, 0.29) is 18.9 Å². The maximum Gasteiger partial charge on any atom is 1.00 e. The first-order valence-corrected chi connectivity index (χ1v) is 4.84. The summed E-state index contributed by atoms with van der Waals surface area (Å²) in [5, 5.41) is 0. The van der Waals surface area contributed by atoms with Crippen LogP contribution in [0.25, 0.3) is 0 Å². The third-order valence-electron chi connectivity index (χ3n) is 2.27. The predicted octanol–water partition coefficient (Wildman–Crippen LogP) is -0.663. The van der Waals surface area contributed by atoms with Crippen LogP contribution in [0.3, 0.4) is 0 Å². The van der Waals surface area contributed by atoms with Crippen LogP contribution in [0, 0.1) is 12.8 Å². The first-order chi connectivity index (χ1) is 5.29. The Balaban J connectivity index is 0.00000121. The fraction of sp³-hybridized carbons (Fsp3) is 0.900. The minimum atomic E-state index is 0. The van der Waals surface area contributed by atoms with Crippen molar-refractivity contribution in [2.75, 3.05) is 19.6 Å². The van der Waals surface area contributed by atoms with E-state index in [4.69, 9.17) is 0 Å². The molecule has 1 heterocycles. The van der Waals surface area contributed by atoms with Crippen LogP contribution in [-0.4, -0.2) is 24.5 Å². The van der Waals surface area contributed by atoms with Gasteiger partial charge in [-0.05, 0) is 32.5 Å². The molecule has 0 amide bonds. The van der Waals surface area contributed by atoms with Crippen LogP contribution in [0.1, 0.15) is 32.6 Å². The molecule has 1 atom stereocenters. The number of nitrogens with zero attached hydrogens (tertiary/aromatic N) is 1. The van der Waals surface area contributed by atoms with Gasteiger partial charge in [-0.3, -0.25) is 0 Å². The number of hydrogen-bond donors (Lipinski definition) is 0. The SMILES string of the molecule is [CH2-]C(C)CN1CCCCCC1.[Li+]. The summed E-state index contributed by atoms with van der Waals surface area (Å²) in [5.74, 6) is 0.591. The van der Waals surface area contributed by atoms with Gasteiger partial charge in [-0.15, -0.1) is 0 Å². The van der Waals surface area contributed by atoms with Gasteiger partial charge < -0.3 is 11.8 Å². The van der Waals surface area contributed by atoms with Crippen LogP contribution in [0.2, 0.25) is 0 Å². The molecule has 1 aliphatic rings. The normalized spacial score (nSPS) is 22.5. The third-order valence-corrected chi connectivity index (χ3v) is 2.27. The van der Waals surface area contributed by atoms with Gasteiger partial charge in [0.05, 0.1) is 0 Å². The molecule has 1 saturated heterocycles. The van der Waals surface area contributed by atoms with Gasteiger partial charge in [0.15, 0.2) is 0 Å². The average molecular weight is 161 g/mol. The Hall–Kier alpha value is 0.557. The Morgan fingerprint density at radius 3 is 2.08 bits per heavy atom. The van der Waals surface area contributed by atoms with E-state index in [1.54, 1.807) is 0 Å². The van der Waals surface area contributed by atoms with Crippen molar-refractivity contribution in [3.8, 4) is 0 Å². The van der Waals surface area contributed by atoms with Crippen molar-refractivity contribution >= 4 is 0 Å². The molecule has 12 heavy (non-hydrogen) atoms. The smallest absolute Gasteiger partial charge is 0.339 e. The molecule has 1 nitrogen and oxygen atoms in total. The molecule has 0 spiro atoms. The van der Waals surface area contributed by atoms with Crippen LogP contribution in [0.5, 0.6) is 0 Å². The Morgan fingerprint density at radius 1 is 1.17 bits per heavy atom. The second kappa shape index (κ2) is 7.01. The van der Waals surface area contributed by atoms with Gasteiger partial charge in [-0.2, -0.15) is 5.92 Å². The largest absolute Gasteiger partial charge is 1.00 e. The van der Waals surface area contributed by atoms with E-state index in [2.05, 4.69) is 18.7 Å². The van der Waals surface area contributed by atoms with Crippen molar-refractivity contribution < 1.29 is 18.9 Å². The molecule has 1 rings (SSSR count). The molecule has 0 N–H and O–H groups in total. The molecule has 1 unspecified atom stereocenters. The summed E-state index contributed by atoms with van der Waals surface area (Å²) in [4.78, 5) is 2.56. The minimum Gasteiger partial charge on any atom is -0.339 e. The molecular weight excluding hydrogens is 141 g/mol. The van der Waals surface area contributed by atoms with E-state index in [1.165, 1.54) is 45.3 Å². The maximum atomic E-state index is 4.02. The second-order valence-corrected chi connectivity index (χ2v) is 3.82. The van der Waals surface area contributed by atoms with Gasteiger partial charge in [0, 0.05) is 0 Å². The molecule has 0 bridgehead atoms. The second-order valence-electron chi connectivity index (χ2n) is 3.82. The molecule has 0 radical (unpaired) electrons. The summed E-state index contributed by atoms with van der Waals surface area (Å²) in [5.41, 5.74) is 0. The van der Waals surface area contributed by atoms with Gasteiger partial charge in [0.25, 0.3) is 0 Å². The van der Waals surface area contributed by atoms with Crippen molar-refractivity contribution in [3.05, 3.63) is 6.92 Å². The molecule has 66 valence electrons. The van der Waals surface area contributed by atoms with Gasteiger partial charge in [-0.1, -0.05) is 19.8 Å². The number of hydrogen-bond acceptors (Lipinski definition) is 1. The van der Waals surface area contributed by atoms with Crippen molar-refractivity contribution in [2.24, 2.45) is 5.92 Å². The molecule has 2 heteroatoms. The van der Waals surface area contributed by atoms with E-state index < -0.39 is 0 Å². The molecule has 0 aromatic heterocycles. The summed E-state index contributed by atoms with van der Waals surface area (Å²) < 4.78 is 0. The predicted molar refractivity (Wildman–Crippen MR) is 49.4 cm³/mol. The Kier molecular flexibility index (Phi) is 7.33. The first kappa shape index (κ1) is 12.6. The quantitative estimate of drug-likeness (QED) is 0.384. The summed E-state index contributed by atoms with van der Waals surface area (Å²) in [6, 6.07) is 0. The van der Waals surface area contributed by atoms with E-state index in [9.17, 15) is 0 Å². The number of likely N-dealkylation sites (tertiary alicyclic amines) is 1. The van der Waals surface area contributed by atoms with Gasteiger partial charge in [0.2, 0.25) is 0 Å². The van der Waals surface area contributed by atoms with E-state index in [0.717, 1.165) is 0 Å². The van der Waals surface area contributed by atoms with Gasteiger partial charge in [-0.25, -0.2) is 0 Å². The van der Waals surface area contributed by atoms with Crippen LogP contribution < -0.4 is 18.9 Å². The summed E-state index contributed by atoms with van der Waals surface area (Å²) >= 11 is 0. The molecule has 0 aromatic carbocycles. The van der Waals surface area contributed by atoms with Crippen LogP contribution in [0.15, 0.2) is 0 Å². The minimum absolute atomic E-state index is 0. The Bertz CT molecular complexity index is 96.0. The van der Waals surface area contributed by atoms with Crippen molar-refractivity contribution in [1.29, 1.82) is 0 Å². The fourth-order valence-corrected chi connectivity index (χ4v) is 1.76. The first-order valence-electron chi connectivity index (χ1n) is 4.84. The third kappa shape index (κ3) is 5.25. The molecule has 0 aromatic rings. The standard InChI is InChI=1S/C10H20N.Li/c1-10(2)9-11-7-5-3-4-6-8-11;/h10H,1,3-9H2,2H3;/q-1;+1. The van der Waals surface area contributed by atoms with E-state index in [0.29, 0.717) is 5.92 Å². The number of rotatable bonds is 2. The van der Waals surface area contributed by atoms with Crippen LogP contribution in [0.4, 0.5) is 0 Å². The average Bonchev–Trinajstić information content (AvgIpc) is 2.14. The van der Waals surface area contributed by atoms with Crippen LogP contribution in [-0.2, 0) is 0 Å². The molecule has 0 aliphatic carbocycles. The molecule has 0 saturated carbocycles. The summed E-state index contributed by atoms with van der Waals surface area (Å²) in [6.45, 7) is 10.0. The molecular formula is C10H20LiN. The maximum absolute atomic E-state index is 4.02. The Morgan fingerprint density at radius 2 is 1.67 bits per heavy atom. The van der Waals surface area contributed by atoms with Crippen molar-refractivity contribution in [3.63, 3.8) is 0 Å². The fourth-order valence-electron chi connectivity index (χ4n) is 1.76. The monoisotopic (exact) mass is 161 g/mol. The Labute approximate surface area is 89.1 Å². The zero-order valence-electron chi connectivity index (χ0n) is 8.68. The van der Waals surface area contributed by atoms with E-state index >= 15 is 0 Å². The van der Waals surface area contributed by atoms with Gasteiger partial charge in [0.1, 0.15) is 0 Å².